The van der Waals surface area contributed by atoms with Gasteiger partial charge in [-0.25, -0.2) is 14.8 Å². The maximum atomic E-state index is 13.0. The lowest BCUT2D eigenvalue weighted by molar-refractivity contribution is -0.154. The summed E-state index contributed by atoms with van der Waals surface area (Å²) in [5, 5.41) is 0. The molecule has 0 saturated heterocycles. The fraction of sp³-hybridized carbons (Fsp3) is 0.560. The van der Waals surface area contributed by atoms with Crippen molar-refractivity contribution in [1.29, 1.82) is 0 Å². The summed E-state index contributed by atoms with van der Waals surface area (Å²) in [6, 6.07) is 4.02. The van der Waals surface area contributed by atoms with Gasteiger partial charge in [0.05, 0.1) is 11.0 Å². The van der Waals surface area contributed by atoms with Crippen molar-refractivity contribution in [1.82, 2.24) is 19.5 Å². The van der Waals surface area contributed by atoms with Crippen LogP contribution >= 0.6 is 0 Å². The zero-order valence-electron chi connectivity index (χ0n) is 19.9. The molecule has 33 heavy (non-hydrogen) atoms. The molecule has 1 aromatic carbocycles. The lowest BCUT2D eigenvalue weighted by Crippen LogP contribution is -2.35. The summed E-state index contributed by atoms with van der Waals surface area (Å²) in [5.74, 6) is 0.387. The topological polar surface area (TPSA) is 107 Å². The number of hydrogen-bond donors (Lipinski definition) is 1. The van der Waals surface area contributed by atoms with Gasteiger partial charge in [0.2, 0.25) is 0 Å². The lowest BCUT2D eigenvalue weighted by Gasteiger charge is -2.19. The fourth-order valence-electron chi connectivity index (χ4n) is 4.17. The van der Waals surface area contributed by atoms with Gasteiger partial charge >= 0.3 is 11.7 Å². The standard InChI is InChI=1S/C25H32N4O4/c1-15-13-18-19(14-17(15)16-10-11-16)27-22-21(26-18)23(31)29(24(32)28-22)12-8-6-5-7-9-20(30)33-25(2,3)4/h13-14,16H,5-12H2,1-4H3,(H,27,28,32). The Morgan fingerprint density at radius 2 is 1.79 bits per heavy atom. The Kier molecular flexibility index (Phi) is 6.36. The summed E-state index contributed by atoms with van der Waals surface area (Å²) >= 11 is 0. The molecular weight excluding hydrogens is 420 g/mol. The quantitative estimate of drug-likeness (QED) is 0.313. The third-order valence-corrected chi connectivity index (χ3v) is 5.92. The molecule has 2 aromatic heterocycles. The molecule has 3 aromatic rings. The van der Waals surface area contributed by atoms with Crippen LogP contribution in [0, 0.1) is 6.92 Å². The number of H-pyrrole nitrogens is 1. The summed E-state index contributed by atoms with van der Waals surface area (Å²) < 4.78 is 6.50. The molecule has 0 aliphatic heterocycles. The van der Waals surface area contributed by atoms with Crippen molar-refractivity contribution in [3.05, 3.63) is 44.1 Å². The number of carbonyl (C=O) groups excluding carboxylic acids is 1. The van der Waals surface area contributed by atoms with Crippen molar-refractivity contribution in [3.63, 3.8) is 0 Å². The summed E-state index contributed by atoms with van der Waals surface area (Å²) in [4.78, 5) is 49.1. The van der Waals surface area contributed by atoms with Crippen LogP contribution in [0.5, 0.6) is 0 Å². The van der Waals surface area contributed by atoms with Gasteiger partial charge in [0, 0.05) is 13.0 Å². The van der Waals surface area contributed by atoms with Gasteiger partial charge in [0.15, 0.2) is 11.2 Å². The monoisotopic (exact) mass is 452 g/mol. The van der Waals surface area contributed by atoms with Crippen molar-refractivity contribution in [2.45, 2.75) is 90.7 Å². The minimum absolute atomic E-state index is 0.186. The van der Waals surface area contributed by atoms with Crippen molar-refractivity contribution in [3.8, 4) is 0 Å². The first-order valence-corrected chi connectivity index (χ1v) is 11.8. The van der Waals surface area contributed by atoms with E-state index in [1.165, 1.54) is 23.0 Å². The molecule has 8 heteroatoms. The number of aryl methyl sites for hydroxylation is 1. The second-order valence-electron chi connectivity index (χ2n) is 10.0. The molecule has 2 heterocycles. The molecule has 1 N–H and O–H groups in total. The van der Waals surface area contributed by atoms with E-state index >= 15 is 0 Å². The number of benzene rings is 1. The highest BCUT2D eigenvalue weighted by Crippen LogP contribution is 2.42. The maximum Gasteiger partial charge on any atom is 0.330 e. The predicted molar refractivity (Wildman–Crippen MR) is 128 cm³/mol. The highest BCUT2D eigenvalue weighted by Gasteiger charge is 2.26. The molecule has 1 aliphatic carbocycles. The summed E-state index contributed by atoms with van der Waals surface area (Å²) in [6.07, 6.45) is 5.77. The zero-order chi connectivity index (χ0) is 23.8. The van der Waals surface area contributed by atoms with E-state index in [0.717, 1.165) is 24.8 Å². The summed E-state index contributed by atoms with van der Waals surface area (Å²) in [5.41, 5.74) is 2.87. The van der Waals surface area contributed by atoms with Crippen LogP contribution < -0.4 is 11.2 Å². The van der Waals surface area contributed by atoms with E-state index in [1.807, 2.05) is 32.9 Å². The number of carbonyl (C=O) groups is 1. The number of hydrogen-bond acceptors (Lipinski definition) is 6. The third-order valence-electron chi connectivity index (χ3n) is 5.92. The van der Waals surface area contributed by atoms with E-state index in [2.05, 4.69) is 21.9 Å². The van der Waals surface area contributed by atoms with Gasteiger partial charge in [0.1, 0.15) is 5.60 Å². The fourth-order valence-corrected chi connectivity index (χ4v) is 4.17. The van der Waals surface area contributed by atoms with Crippen molar-refractivity contribution in [2.75, 3.05) is 0 Å². The van der Waals surface area contributed by atoms with Gasteiger partial charge in [-0.1, -0.05) is 12.8 Å². The first-order valence-electron chi connectivity index (χ1n) is 11.8. The van der Waals surface area contributed by atoms with E-state index in [-0.39, 0.29) is 17.1 Å². The molecule has 0 radical (unpaired) electrons. The van der Waals surface area contributed by atoms with Crippen LogP contribution in [-0.4, -0.2) is 31.1 Å². The minimum Gasteiger partial charge on any atom is -0.460 e. The highest BCUT2D eigenvalue weighted by atomic mass is 16.6. The molecule has 1 fully saturated rings. The molecule has 0 unspecified atom stereocenters. The molecule has 0 spiro atoms. The SMILES string of the molecule is Cc1cc2nc3c(=O)n(CCCCCCC(=O)OC(C)(C)C)c(=O)[nH]c3nc2cc1C1CC1. The Morgan fingerprint density at radius 1 is 1.09 bits per heavy atom. The van der Waals surface area contributed by atoms with Crippen molar-refractivity contribution >= 4 is 28.2 Å². The van der Waals surface area contributed by atoms with E-state index in [4.69, 9.17) is 4.74 Å². The zero-order valence-corrected chi connectivity index (χ0v) is 19.9. The van der Waals surface area contributed by atoms with Gasteiger partial charge in [-0.05, 0) is 82.6 Å². The van der Waals surface area contributed by atoms with Gasteiger partial charge in [-0.3, -0.25) is 19.1 Å². The minimum atomic E-state index is -0.470. The van der Waals surface area contributed by atoms with E-state index in [1.54, 1.807) is 0 Å². The molecule has 4 rings (SSSR count). The number of nitrogens with one attached hydrogen (secondary N) is 1. The Hall–Kier alpha value is -3.03. The average Bonchev–Trinajstić information content (AvgIpc) is 3.55. The molecule has 1 saturated carbocycles. The summed E-state index contributed by atoms with van der Waals surface area (Å²) in [7, 11) is 0. The number of esters is 1. The Morgan fingerprint density at radius 3 is 2.48 bits per heavy atom. The first kappa shape index (κ1) is 23.1. The van der Waals surface area contributed by atoms with Gasteiger partial charge < -0.3 is 4.74 Å². The Bertz CT molecular complexity index is 1310. The van der Waals surface area contributed by atoms with Crippen LogP contribution in [0.4, 0.5) is 0 Å². The van der Waals surface area contributed by atoms with Crippen molar-refractivity contribution in [2.24, 2.45) is 0 Å². The molecule has 0 atom stereocenters. The maximum absolute atomic E-state index is 13.0. The molecule has 8 nitrogen and oxygen atoms in total. The number of aromatic nitrogens is 4. The number of rotatable bonds is 8. The normalized spacial score (nSPS) is 14.2. The van der Waals surface area contributed by atoms with Gasteiger partial charge in [-0.15, -0.1) is 0 Å². The van der Waals surface area contributed by atoms with Gasteiger partial charge in [-0.2, -0.15) is 0 Å². The number of nitrogens with zero attached hydrogens (tertiary/aromatic N) is 3. The average molecular weight is 453 g/mol. The second kappa shape index (κ2) is 9.08. The van der Waals surface area contributed by atoms with Crippen LogP contribution in [0.15, 0.2) is 21.7 Å². The highest BCUT2D eigenvalue weighted by molar-refractivity contribution is 5.85. The summed E-state index contributed by atoms with van der Waals surface area (Å²) in [6.45, 7) is 7.92. The number of unbranched alkanes of at least 4 members (excludes halogenated alkanes) is 3. The number of aromatic amines is 1. The lowest BCUT2D eigenvalue weighted by atomic mass is 10.0. The predicted octanol–water partition coefficient (Wildman–Crippen LogP) is 4.11. The van der Waals surface area contributed by atoms with E-state index < -0.39 is 16.9 Å². The van der Waals surface area contributed by atoms with E-state index in [0.29, 0.717) is 36.3 Å². The molecular formula is C25H32N4O4. The molecule has 1 aliphatic rings. The molecule has 176 valence electrons. The largest absolute Gasteiger partial charge is 0.460 e. The Balaban J connectivity index is 1.43. The smallest absolute Gasteiger partial charge is 0.330 e. The van der Waals surface area contributed by atoms with Crippen molar-refractivity contribution < 1.29 is 9.53 Å². The van der Waals surface area contributed by atoms with Crippen LogP contribution in [0.3, 0.4) is 0 Å². The number of fused-ring (bicyclic) bond motifs is 2. The Labute approximate surface area is 192 Å². The van der Waals surface area contributed by atoms with Crippen LogP contribution in [0.1, 0.15) is 82.8 Å². The second-order valence-corrected chi connectivity index (χ2v) is 10.0. The first-order chi connectivity index (χ1) is 15.6. The van der Waals surface area contributed by atoms with Crippen LogP contribution in [0.25, 0.3) is 22.2 Å². The van der Waals surface area contributed by atoms with E-state index in [9.17, 15) is 14.4 Å². The number of ether oxygens (including phenoxy) is 1. The van der Waals surface area contributed by atoms with Crippen LogP contribution in [-0.2, 0) is 16.1 Å². The third kappa shape index (κ3) is 5.49. The van der Waals surface area contributed by atoms with Crippen LogP contribution in [0.2, 0.25) is 0 Å². The molecule has 0 bridgehead atoms. The van der Waals surface area contributed by atoms with Gasteiger partial charge in [0.25, 0.3) is 5.56 Å². The molecule has 0 amide bonds.